The number of hydrogen-bond acceptors (Lipinski definition) is 5. The van der Waals surface area contributed by atoms with Gasteiger partial charge in [-0.15, -0.1) is 0 Å². The van der Waals surface area contributed by atoms with Crippen LogP contribution in [-0.2, 0) is 9.47 Å². The molecule has 1 aliphatic carbocycles. The number of ether oxygens (including phenoxy) is 2. The number of aromatic nitrogens is 1. The quantitative estimate of drug-likeness (QED) is 0.859. The zero-order valence-corrected chi connectivity index (χ0v) is 14.2. The fourth-order valence-corrected chi connectivity index (χ4v) is 4.70. The summed E-state index contributed by atoms with van der Waals surface area (Å²) in [5, 5.41) is 11.5. The Morgan fingerprint density at radius 2 is 2.25 bits per heavy atom. The highest BCUT2D eigenvalue weighted by molar-refractivity contribution is 5.16. The number of pyridine rings is 1. The van der Waals surface area contributed by atoms with E-state index in [1.807, 2.05) is 18.2 Å². The number of rotatable bonds is 3. The van der Waals surface area contributed by atoms with E-state index < -0.39 is 5.60 Å². The van der Waals surface area contributed by atoms with Crippen LogP contribution in [0.15, 0.2) is 36.5 Å². The predicted octanol–water partition coefficient (Wildman–Crippen LogP) is 1.94. The highest BCUT2D eigenvalue weighted by Gasteiger charge is 2.59. The number of aliphatic hydroxyl groups is 1. The molecule has 1 aromatic rings. The van der Waals surface area contributed by atoms with Gasteiger partial charge in [0.25, 0.3) is 0 Å². The van der Waals surface area contributed by atoms with Crippen molar-refractivity contribution in [3.05, 3.63) is 42.2 Å². The van der Waals surface area contributed by atoms with E-state index in [-0.39, 0.29) is 24.2 Å². The van der Waals surface area contributed by atoms with Crippen LogP contribution in [0, 0.1) is 5.92 Å². The van der Waals surface area contributed by atoms with E-state index in [9.17, 15) is 5.11 Å². The lowest BCUT2D eigenvalue weighted by atomic mass is 9.81. The summed E-state index contributed by atoms with van der Waals surface area (Å²) < 4.78 is 11.9. The van der Waals surface area contributed by atoms with E-state index in [0.29, 0.717) is 6.61 Å². The number of fused-ring (bicyclic) bond motifs is 1. The molecule has 0 spiro atoms. The molecule has 4 rings (SSSR count). The first kappa shape index (κ1) is 16.2. The molecule has 1 saturated heterocycles. The smallest absolute Gasteiger partial charge is 0.109 e. The van der Waals surface area contributed by atoms with Gasteiger partial charge in [-0.25, -0.2) is 0 Å². The van der Waals surface area contributed by atoms with Gasteiger partial charge in [-0.2, -0.15) is 0 Å². The fourth-order valence-electron chi connectivity index (χ4n) is 4.70. The first-order valence-electron chi connectivity index (χ1n) is 8.89. The van der Waals surface area contributed by atoms with Gasteiger partial charge < -0.3 is 14.6 Å². The minimum absolute atomic E-state index is 0.00197. The van der Waals surface area contributed by atoms with Gasteiger partial charge in [-0.1, -0.05) is 18.2 Å². The van der Waals surface area contributed by atoms with Crippen molar-refractivity contribution < 1.29 is 14.6 Å². The van der Waals surface area contributed by atoms with Crippen molar-refractivity contribution in [3.8, 4) is 0 Å². The lowest BCUT2D eigenvalue weighted by Crippen LogP contribution is -2.60. The normalized spacial score (nSPS) is 39.8. The second-order valence-electron chi connectivity index (χ2n) is 7.19. The maximum atomic E-state index is 11.5. The molecule has 5 atom stereocenters. The molecule has 5 nitrogen and oxygen atoms in total. The van der Waals surface area contributed by atoms with Crippen LogP contribution in [0.25, 0.3) is 0 Å². The van der Waals surface area contributed by atoms with E-state index >= 15 is 0 Å². The predicted molar refractivity (Wildman–Crippen MR) is 90.5 cm³/mol. The zero-order chi connectivity index (χ0) is 16.6. The lowest BCUT2D eigenvalue weighted by molar-refractivity contribution is -0.174. The Bertz CT molecular complexity index is 594. The fraction of sp³-hybridized carbons (Fsp3) is 0.632. The van der Waals surface area contributed by atoms with Gasteiger partial charge >= 0.3 is 0 Å². The van der Waals surface area contributed by atoms with Crippen LogP contribution in [0.4, 0.5) is 0 Å². The summed E-state index contributed by atoms with van der Waals surface area (Å²) in [6.45, 7) is 2.20. The van der Waals surface area contributed by atoms with E-state index in [2.05, 4.69) is 22.0 Å². The molecule has 0 radical (unpaired) electrons. The second-order valence-corrected chi connectivity index (χ2v) is 7.19. The first-order valence-corrected chi connectivity index (χ1v) is 8.89. The summed E-state index contributed by atoms with van der Waals surface area (Å²) in [6.07, 6.45) is 8.93. The minimum Gasteiger partial charge on any atom is -0.385 e. The van der Waals surface area contributed by atoms with Crippen LogP contribution >= 0.6 is 0 Å². The Balaban J connectivity index is 1.56. The monoisotopic (exact) mass is 330 g/mol. The molecule has 24 heavy (non-hydrogen) atoms. The third-order valence-electron chi connectivity index (χ3n) is 5.91. The standard InChI is InChI=1S/C19H26N2O3/c1-23-17-12-14-11-16(15-7-3-4-8-20-15)24-13-19(14,22)18(17)21-9-5-2-6-10-21/h2-5,7-8,14,16-18,22H,6,9-13H2,1H3/t14-,16+,17-,18+,19+/m0/s1. The number of nitrogens with zero attached hydrogens (tertiary/aromatic N) is 2. The molecular weight excluding hydrogens is 304 g/mol. The van der Waals surface area contributed by atoms with Crippen LogP contribution < -0.4 is 0 Å². The second kappa shape index (κ2) is 6.56. The molecular formula is C19H26N2O3. The summed E-state index contributed by atoms with van der Waals surface area (Å²) in [7, 11) is 1.76. The molecule has 0 aromatic carbocycles. The van der Waals surface area contributed by atoms with Crippen LogP contribution in [0.2, 0.25) is 0 Å². The Morgan fingerprint density at radius 1 is 1.33 bits per heavy atom. The minimum atomic E-state index is -0.836. The highest BCUT2D eigenvalue weighted by Crippen LogP contribution is 2.49. The maximum Gasteiger partial charge on any atom is 0.109 e. The van der Waals surface area contributed by atoms with E-state index in [0.717, 1.165) is 38.0 Å². The maximum absolute atomic E-state index is 11.5. The molecule has 0 amide bonds. The van der Waals surface area contributed by atoms with Crippen molar-refractivity contribution >= 4 is 0 Å². The summed E-state index contributed by atoms with van der Waals surface area (Å²) in [5.41, 5.74) is 0.120. The molecule has 0 unspecified atom stereocenters. The van der Waals surface area contributed by atoms with Crippen LogP contribution in [0.1, 0.15) is 31.1 Å². The van der Waals surface area contributed by atoms with E-state index in [1.54, 1.807) is 13.3 Å². The summed E-state index contributed by atoms with van der Waals surface area (Å²) >= 11 is 0. The molecule has 1 aromatic heterocycles. The Hall–Kier alpha value is -1.27. The molecule has 3 aliphatic rings. The van der Waals surface area contributed by atoms with Crippen LogP contribution in [0.3, 0.4) is 0 Å². The van der Waals surface area contributed by atoms with Crippen molar-refractivity contribution in [2.45, 2.75) is 43.1 Å². The topological polar surface area (TPSA) is 54.8 Å². The molecule has 2 aliphatic heterocycles. The SMILES string of the molecule is CO[C@H]1C[C@@H]2C[C@H](c3ccccn3)OC[C@]2(O)[C@@H]1N1CC=CCC1. The van der Waals surface area contributed by atoms with Gasteiger partial charge in [-0.3, -0.25) is 9.88 Å². The van der Waals surface area contributed by atoms with Crippen molar-refractivity contribution in [1.29, 1.82) is 0 Å². The first-order chi connectivity index (χ1) is 11.7. The molecule has 1 saturated carbocycles. The van der Waals surface area contributed by atoms with Crippen LogP contribution in [-0.4, -0.2) is 59.5 Å². The Kier molecular flexibility index (Phi) is 4.43. The van der Waals surface area contributed by atoms with Gasteiger partial charge in [0, 0.05) is 26.4 Å². The third-order valence-corrected chi connectivity index (χ3v) is 5.91. The van der Waals surface area contributed by atoms with Gasteiger partial charge in [0.1, 0.15) is 5.60 Å². The molecule has 130 valence electrons. The third kappa shape index (κ3) is 2.69. The molecule has 3 heterocycles. The Morgan fingerprint density at radius 3 is 2.96 bits per heavy atom. The largest absolute Gasteiger partial charge is 0.385 e. The van der Waals surface area contributed by atoms with Crippen molar-refractivity contribution in [1.82, 2.24) is 9.88 Å². The summed E-state index contributed by atoms with van der Waals surface area (Å²) in [5.74, 6) is 0.180. The molecule has 0 bridgehead atoms. The number of hydrogen-bond donors (Lipinski definition) is 1. The average Bonchev–Trinajstić information content (AvgIpc) is 2.94. The zero-order valence-electron chi connectivity index (χ0n) is 14.2. The van der Waals surface area contributed by atoms with E-state index in [1.165, 1.54) is 0 Å². The number of methoxy groups -OCH3 is 1. The van der Waals surface area contributed by atoms with Crippen molar-refractivity contribution in [3.63, 3.8) is 0 Å². The Labute approximate surface area is 143 Å². The average molecular weight is 330 g/mol. The van der Waals surface area contributed by atoms with Gasteiger partial charge in [-0.05, 0) is 37.3 Å². The van der Waals surface area contributed by atoms with Gasteiger partial charge in [0.05, 0.1) is 30.6 Å². The summed E-state index contributed by atoms with van der Waals surface area (Å²) in [4.78, 5) is 6.79. The highest BCUT2D eigenvalue weighted by atomic mass is 16.5. The van der Waals surface area contributed by atoms with Crippen molar-refractivity contribution in [2.24, 2.45) is 5.92 Å². The van der Waals surface area contributed by atoms with E-state index in [4.69, 9.17) is 9.47 Å². The van der Waals surface area contributed by atoms with Crippen LogP contribution in [0.5, 0.6) is 0 Å². The molecule has 1 N–H and O–H groups in total. The van der Waals surface area contributed by atoms with Gasteiger partial charge in [0.15, 0.2) is 0 Å². The van der Waals surface area contributed by atoms with Gasteiger partial charge in [0.2, 0.25) is 0 Å². The summed E-state index contributed by atoms with van der Waals surface area (Å²) in [6, 6.07) is 5.91. The van der Waals surface area contributed by atoms with Crippen molar-refractivity contribution in [2.75, 3.05) is 26.8 Å². The molecule has 2 fully saturated rings. The molecule has 5 heteroatoms. The lowest BCUT2D eigenvalue weighted by Gasteiger charge is -2.46.